The molecular formula is C19H28N2O4. The summed E-state index contributed by atoms with van der Waals surface area (Å²) in [4.78, 5) is 26.5. The van der Waals surface area contributed by atoms with Gasteiger partial charge in [-0.05, 0) is 51.3 Å². The van der Waals surface area contributed by atoms with Crippen molar-refractivity contribution in [2.45, 2.75) is 39.2 Å². The Bertz CT molecular complexity index is 590. The molecule has 1 aromatic rings. The Morgan fingerprint density at radius 3 is 2.24 bits per heavy atom. The number of carbonyl (C=O) groups is 2. The van der Waals surface area contributed by atoms with Gasteiger partial charge in [-0.2, -0.15) is 0 Å². The van der Waals surface area contributed by atoms with Crippen LogP contribution in [-0.2, 0) is 11.2 Å². The molecule has 1 heterocycles. The van der Waals surface area contributed by atoms with E-state index in [4.69, 9.17) is 9.84 Å². The Hall–Kier alpha value is -2.08. The molecule has 1 aliphatic rings. The molecule has 0 atom stereocenters. The highest BCUT2D eigenvalue weighted by Crippen LogP contribution is 2.23. The van der Waals surface area contributed by atoms with Gasteiger partial charge in [-0.1, -0.05) is 12.1 Å². The lowest BCUT2D eigenvalue weighted by Gasteiger charge is -2.43. The maximum absolute atomic E-state index is 11.7. The van der Waals surface area contributed by atoms with Crippen molar-refractivity contribution in [1.82, 2.24) is 9.80 Å². The largest absolute Gasteiger partial charge is 0.465 e. The van der Waals surface area contributed by atoms with E-state index in [2.05, 4.69) is 18.7 Å². The van der Waals surface area contributed by atoms with Gasteiger partial charge < -0.3 is 14.7 Å². The van der Waals surface area contributed by atoms with Crippen LogP contribution in [0, 0.1) is 0 Å². The van der Waals surface area contributed by atoms with Crippen molar-refractivity contribution in [3.8, 4) is 0 Å². The van der Waals surface area contributed by atoms with Gasteiger partial charge in [-0.15, -0.1) is 0 Å². The van der Waals surface area contributed by atoms with Gasteiger partial charge in [0.05, 0.1) is 12.2 Å². The number of aryl methyl sites for hydroxylation is 1. The Balaban J connectivity index is 1.87. The number of benzene rings is 1. The van der Waals surface area contributed by atoms with Crippen LogP contribution in [0.4, 0.5) is 4.79 Å². The van der Waals surface area contributed by atoms with Gasteiger partial charge in [0.15, 0.2) is 0 Å². The number of nitrogens with zero attached hydrogens (tertiary/aromatic N) is 2. The number of hydrogen-bond donors (Lipinski definition) is 1. The molecule has 0 aliphatic carbocycles. The molecule has 0 bridgehead atoms. The van der Waals surface area contributed by atoms with E-state index in [1.54, 1.807) is 6.92 Å². The van der Waals surface area contributed by atoms with E-state index in [0.29, 0.717) is 25.3 Å². The van der Waals surface area contributed by atoms with Crippen molar-refractivity contribution in [3.63, 3.8) is 0 Å². The van der Waals surface area contributed by atoms with Crippen LogP contribution >= 0.6 is 0 Å². The Kier molecular flexibility index (Phi) is 6.42. The predicted molar refractivity (Wildman–Crippen MR) is 96.0 cm³/mol. The van der Waals surface area contributed by atoms with E-state index in [9.17, 15) is 9.59 Å². The summed E-state index contributed by atoms with van der Waals surface area (Å²) in [5, 5.41) is 9.05. The van der Waals surface area contributed by atoms with Crippen LogP contribution in [0.3, 0.4) is 0 Å². The second-order valence-electron chi connectivity index (χ2n) is 6.99. The molecule has 1 saturated heterocycles. The smallest absolute Gasteiger partial charge is 0.407 e. The van der Waals surface area contributed by atoms with Crippen LogP contribution in [0.15, 0.2) is 24.3 Å². The molecule has 6 heteroatoms. The Labute approximate surface area is 149 Å². The molecule has 2 rings (SSSR count). The van der Waals surface area contributed by atoms with Crippen molar-refractivity contribution in [2.75, 3.05) is 32.8 Å². The van der Waals surface area contributed by atoms with Crippen molar-refractivity contribution < 1.29 is 19.4 Å². The van der Waals surface area contributed by atoms with Crippen LogP contribution in [-0.4, -0.2) is 65.3 Å². The molecule has 1 aliphatic heterocycles. The normalized spacial score (nSPS) is 15.9. The van der Waals surface area contributed by atoms with Crippen LogP contribution in [0.5, 0.6) is 0 Å². The number of ether oxygens (including phenoxy) is 1. The third kappa shape index (κ3) is 5.19. The van der Waals surface area contributed by atoms with Gasteiger partial charge in [-0.3, -0.25) is 4.90 Å². The Morgan fingerprint density at radius 1 is 1.12 bits per heavy atom. The zero-order valence-electron chi connectivity index (χ0n) is 15.3. The standard InChI is InChI=1S/C19H28N2O4/c1-4-25-17(22)16-7-5-15(6-8-16)9-10-19(2,3)21-13-11-20(12-14-21)18(23)24/h5-8H,4,9-14H2,1-3H3,(H,23,24). The highest BCUT2D eigenvalue weighted by molar-refractivity contribution is 5.89. The van der Waals surface area contributed by atoms with Crippen LogP contribution in [0.2, 0.25) is 0 Å². The average molecular weight is 348 g/mol. The number of carboxylic acid groups (broad SMARTS) is 1. The van der Waals surface area contributed by atoms with E-state index >= 15 is 0 Å². The molecule has 6 nitrogen and oxygen atoms in total. The van der Waals surface area contributed by atoms with Crippen molar-refractivity contribution in [1.29, 1.82) is 0 Å². The monoisotopic (exact) mass is 348 g/mol. The molecule has 1 N–H and O–H groups in total. The molecule has 1 amide bonds. The summed E-state index contributed by atoms with van der Waals surface area (Å²) >= 11 is 0. The average Bonchev–Trinajstić information content (AvgIpc) is 2.61. The molecule has 0 saturated carbocycles. The molecule has 1 aromatic carbocycles. The minimum Gasteiger partial charge on any atom is -0.465 e. The van der Waals surface area contributed by atoms with E-state index in [-0.39, 0.29) is 11.5 Å². The summed E-state index contributed by atoms with van der Waals surface area (Å²) in [7, 11) is 0. The fourth-order valence-electron chi connectivity index (χ4n) is 3.13. The molecule has 1 fully saturated rings. The lowest BCUT2D eigenvalue weighted by atomic mass is 9.92. The van der Waals surface area contributed by atoms with Crippen molar-refractivity contribution in [2.24, 2.45) is 0 Å². The van der Waals surface area contributed by atoms with E-state index < -0.39 is 6.09 Å². The highest BCUT2D eigenvalue weighted by atomic mass is 16.5. The summed E-state index contributed by atoms with van der Waals surface area (Å²) in [6.07, 6.45) is 1.05. The third-order valence-corrected chi connectivity index (χ3v) is 4.90. The number of esters is 1. The number of carbonyl (C=O) groups excluding carboxylic acids is 1. The maximum atomic E-state index is 11.7. The predicted octanol–water partition coefficient (Wildman–Crippen LogP) is 2.87. The third-order valence-electron chi connectivity index (χ3n) is 4.90. The van der Waals surface area contributed by atoms with Gasteiger partial charge in [0.1, 0.15) is 0 Å². The lowest BCUT2D eigenvalue weighted by Crippen LogP contribution is -2.55. The van der Waals surface area contributed by atoms with Gasteiger partial charge >= 0.3 is 12.1 Å². The fraction of sp³-hybridized carbons (Fsp3) is 0.579. The van der Waals surface area contributed by atoms with E-state index in [1.165, 1.54) is 10.5 Å². The topological polar surface area (TPSA) is 70.1 Å². The minimum absolute atomic E-state index is 0.00437. The molecular weight excluding hydrogens is 320 g/mol. The first kappa shape index (κ1) is 19.2. The summed E-state index contributed by atoms with van der Waals surface area (Å²) in [6.45, 7) is 9.24. The SMILES string of the molecule is CCOC(=O)c1ccc(CCC(C)(C)N2CCN(C(=O)O)CC2)cc1. The first-order valence-corrected chi connectivity index (χ1v) is 8.82. The highest BCUT2D eigenvalue weighted by Gasteiger charge is 2.30. The van der Waals surface area contributed by atoms with Gasteiger partial charge in [0.2, 0.25) is 0 Å². The maximum Gasteiger partial charge on any atom is 0.407 e. The molecule has 25 heavy (non-hydrogen) atoms. The quantitative estimate of drug-likeness (QED) is 0.801. The second kappa shape index (κ2) is 8.34. The Morgan fingerprint density at radius 2 is 1.72 bits per heavy atom. The molecule has 0 spiro atoms. The van der Waals surface area contributed by atoms with E-state index in [0.717, 1.165) is 25.9 Å². The summed E-state index contributed by atoms with van der Waals surface area (Å²) in [5.41, 5.74) is 1.77. The summed E-state index contributed by atoms with van der Waals surface area (Å²) in [5.74, 6) is -0.286. The zero-order chi connectivity index (χ0) is 18.4. The van der Waals surface area contributed by atoms with Gasteiger partial charge in [0, 0.05) is 31.7 Å². The van der Waals surface area contributed by atoms with Crippen LogP contribution in [0.1, 0.15) is 43.1 Å². The number of piperazine rings is 1. The molecule has 0 unspecified atom stereocenters. The first-order valence-electron chi connectivity index (χ1n) is 8.82. The fourth-order valence-corrected chi connectivity index (χ4v) is 3.13. The minimum atomic E-state index is -0.834. The number of hydrogen-bond acceptors (Lipinski definition) is 4. The summed E-state index contributed by atoms with van der Waals surface area (Å²) < 4.78 is 5.00. The lowest BCUT2D eigenvalue weighted by molar-refractivity contribution is 0.0473. The van der Waals surface area contributed by atoms with E-state index in [1.807, 2.05) is 24.3 Å². The van der Waals surface area contributed by atoms with Gasteiger partial charge in [-0.25, -0.2) is 9.59 Å². The molecule has 138 valence electrons. The number of amides is 1. The van der Waals surface area contributed by atoms with Crippen LogP contribution in [0.25, 0.3) is 0 Å². The van der Waals surface area contributed by atoms with Crippen LogP contribution < -0.4 is 0 Å². The zero-order valence-corrected chi connectivity index (χ0v) is 15.3. The molecule has 0 aromatic heterocycles. The second-order valence-corrected chi connectivity index (χ2v) is 6.99. The van der Waals surface area contributed by atoms with Crippen molar-refractivity contribution >= 4 is 12.1 Å². The first-order chi connectivity index (χ1) is 11.8. The number of rotatable bonds is 6. The van der Waals surface area contributed by atoms with Crippen molar-refractivity contribution in [3.05, 3.63) is 35.4 Å². The molecule has 0 radical (unpaired) electrons. The van der Waals surface area contributed by atoms with Gasteiger partial charge in [0.25, 0.3) is 0 Å². The summed E-state index contributed by atoms with van der Waals surface area (Å²) in [6, 6.07) is 7.58.